The molecule has 0 rings (SSSR count). The Morgan fingerprint density at radius 1 is 1.12 bits per heavy atom. The van der Waals surface area contributed by atoms with Crippen LogP contribution >= 0.6 is 0 Å². The van der Waals surface area contributed by atoms with E-state index in [2.05, 4.69) is 0 Å². The van der Waals surface area contributed by atoms with Gasteiger partial charge in [-0.1, -0.05) is 0 Å². The first kappa shape index (κ1) is 22.6. The fourth-order valence-electron chi connectivity index (χ4n) is 0. The van der Waals surface area contributed by atoms with Crippen LogP contribution < -0.4 is 0 Å². The zero-order valence-electron chi connectivity index (χ0n) is 3.33. The average Bonchev–Trinajstić information content (AvgIpc) is 0.722. The third-order valence-electron chi connectivity index (χ3n) is 0. The summed E-state index contributed by atoms with van der Waals surface area (Å²) < 4.78 is 31.6. The SMILES string of the molecule is O.O=S(=O)(O)O.[NaH].[PbH2]. The van der Waals surface area contributed by atoms with Gasteiger partial charge in [-0.05, 0) is 0 Å². The second kappa shape index (κ2) is 8.75. The van der Waals surface area contributed by atoms with Gasteiger partial charge in [-0.25, -0.2) is 0 Å². The molecule has 2 radical (unpaired) electrons. The van der Waals surface area contributed by atoms with Crippen molar-refractivity contribution in [2.75, 3.05) is 0 Å². The molecular weight excluding hydrogens is 342 g/mol. The molecule has 0 aromatic rings. The molecule has 8 heavy (non-hydrogen) atoms. The maximum absolute atomic E-state index is 8.74. The van der Waals surface area contributed by atoms with Crippen LogP contribution in [0, 0.1) is 0 Å². The van der Waals surface area contributed by atoms with Crippen LogP contribution in [0.5, 0.6) is 0 Å². The molecule has 0 aliphatic heterocycles. The first-order valence-electron chi connectivity index (χ1n) is 0.698. The zero-order valence-corrected chi connectivity index (χ0v) is 9.64. The van der Waals surface area contributed by atoms with Gasteiger partial charge in [0, 0.05) is 0 Å². The molecule has 4 N–H and O–H groups in total. The fraction of sp³-hybridized carbons (Fsp3) is 0. The first-order valence-corrected chi connectivity index (χ1v) is 2.10. The van der Waals surface area contributed by atoms with Gasteiger partial charge in [0.2, 0.25) is 0 Å². The molecular formula is H7NaO5PbS. The first-order chi connectivity index (χ1) is 2.00. The third kappa shape index (κ3) is 115. The topological polar surface area (TPSA) is 106 Å². The summed E-state index contributed by atoms with van der Waals surface area (Å²) in [6.07, 6.45) is 0. The second-order valence-electron chi connectivity index (χ2n) is 0.448. The molecule has 0 aliphatic carbocycles. The van der Waals surface area contributed by atoms with Gasteiger partial charge in [-0.15, -0.1) is 0 Å². The molecule has 0 saturated heterocycles. The van der Waals surface area contributed by atoms with Gasteiger partial charge in [-0.3, -0.25) is 9.11 Å². The molecule has 0 aromatic heterocycles. The molecule has 0 bridgehead atoms. The molecule has 0 aliphatic rings. The second-order valence-corrected chi connectivity index (χ2v) is 1.34. The Hall–Kier alpha value is 1.75. The van der Waals surface area contributed by atoms with E-state index in [1.54, 1.807) is 0 Å². The van der Waals surface area contributed by atoms with Gasteiger partial charge < -0.3 is 5.48 Å². The Bertz CT molecular complexity index is 95.6. The van der Waals surface area contributed by atoms with Crippen LogP contribution in [-0.4, -0.2) is 79.9 Å². The summed E-state index contributed by atoms with van der Waals surface area (Å²) in [5.74, 6) is 0. The van der Waals surface area contributed by atoms with E-state index in [-0.39, 0.29) is 62.3 Å². The van der Waals surface area contributed by atoms with Crippen LogP contribution in [0.1, 0.15) is 0 Å². The van der Waals surface area contributed by atoms with E-state index in [9.17, 15) is 0 Å². The minimum absolute atomic E-state index is 0. The normalized spacial score (nSPS) is 7.25. The van der Waals surface area contributed by atoms with E-state index in [0.717, 1.165) is 0 Å². The van der Waals surface area contributed by atoms with Crippen LogP contribution in [0.3, 0.4) is 0 Å². The van der Waals surface area contributed by atoms with E-state index >= 15 is 0 Å². The quantitative estimate of drug-likeness (QED) is 0.358. The number of hydrogen-bond donors (Lipinski definition) is 2. The van der Waals surface area contributed by atoms with Crippen molar-refractivity contribution in [1.29, 1.82) is 0 Å². The minimum atomic E-state index is -4.67. The Labute approximate surface area is 89.2 Å². The van der Waals surface area contributed by atoms with E-state index in [0.29, 0.717) is 0 Å². The van der Waals surface area contributed by atoms with Crippen molar-refractivity contribution in [2.45, 2.75) is 0 Å². The van der Waals surface area contributed by atoms with Crippen molar-refractivity contribution in [1.82, 2.24) is 0 Å². The molecule has 0 amide bonds. The van der Waals surface area contributed by atoms with Gasteiger partial charge in [-0.2, -0.15) is 8.42 Å². The van der Waals surface area contributed by atoms with Crippen LogP contribution in [0.2, 0.25) is 0 Å². The summed E-state index contributed by atoms with van der Waals surface area (Å²) in [5, 5.41) is 0. The van der Waals surface area contributed by atoms with Crippen LogP contribution in [-0.2, 0) is 10.4 Å². The van der Waals surface area contributed by atoms with Gasteiger partial charge in [0.15, 0.2) is 0 Å². The van der Waals surface area contributed by atoms with Crippen LogP contribution in [0.4, 0.5) is 0 Å². The van der Waals surface area contributed by atoms with Gasteiger partial charge in [0.05, 0.1) is 0 Å². The molecule has 5 nitrogen and oxygen atoms in total. The predicted molar refractivity (Wildman–Crippen MR) is 33.5 cm³/mol. The van der Waals surface area contributed by atoms with Crippen molar-refractivity contribution >= 4 is 67.3 Å². The molecule has 0 unspecified atom stereocenters. The molecule has 0 spiro atoms. The fourth-order valence-corrected chi connectivity index (χ4v) is 0. The van der Waals surface area contributed by atoms with E-state index in [1.165, 1.54) is 0 Å². The van der Waals surface area contributed by atoms with Crippen molar-refractivity contribution in [3.8, 4) is 0 Å². The Morgan fingerprint density at radius 3 is 1.12 bits per heavy atom. The summed E-state index contributed by atoms with van der Waals surface area (Å²) in [7, 11) is -4.67. The molecule has 0 fully saturated rings. The summed E-state index contributed by atoms with van der Waals surface area (Å²) in [4.78, 5) is 0. The van der Waals surface area contributed by atoms with E-state index in [1.807, 2.05) is 0 Å². The average molecular weight is 349 g/mol. The van der Waals surface area contributed by atoms with E-state index in [4.69, 9.17) is 17.5 Å². The summed E-state index contributed by atoms with van der Waals surface area (Å²) in [6, 6.07) is 0. The molecule has 0 heterocycles. The summed E-state index contributed by atoms with van der Waals surface area (Å²) >= 11 is 0. The van der Waals surface area contributed by atoms with Crippen LogP contribution in [0.15, 0.2) is 0 Å². The molecule has 0 aromatic carbocycles. The molecule has 48 valence electrons. The van der Waals surface area contributed by atoms with Crippen molar-refractivity contribution in [3.63, 3.8) is 0 Å². The van der Waals surface area contributed by atoms with Gasteiger partial charge in [0.1, 0.15) is 0 Å². The monoisotopic (exact) mass is 350 g/mol. The molecule has 0 saturated carbocycles. The molecule has 8 heteroatoms. The van der Waals surface area contributed by atoms with Crippen LogP contribution in [0.25, 0.3) is 0 Å². The van der Waals surface area contributed by atoms with Gasteiger partial charge >= 0.3 is 67.3 Å². The summed E-state index contributed by atoms with van der Waals surface area (Å²) in [6.45, 7) is 0. The Balaban J connectivity index is -0.0000000267. The maximum atomic E-state index is 8.74. The van der Waals surface area contributed by atoms with Crippen molar-refractivity contribution in [2.24, 2.45) is 0 Å². The number of hydrogen-bond acceptors (Lipinski definition) is 2. The third-order valence-corrected chi connectivity index (χ3v) is 0. The zero-order chi connectivity index (χ0) is 4.50. The van der Waals surface area contributed by atoms with E-state index < -0.39 is 10.4 Å². The number of rotatable bonds is 0. The van der Waals surface area contributed by atoms with Crippen molar-refractivity contribution < 1.29 is 23.0 Å². The summed E-state index contributed by atoms with van der Waals surface area (Å²) in [5.41, 5.74) is 0. The Kier molecular flexibility index (Phi) is 24.7. The predicted octanol–water partition coefficient (Wildman–Crippen LogP) is -3.04. The van der Waals surface area contributed by atoms with Crippen molar-refractivity contribution in [3.05, 3.63) is 0 Å². The Morgan fingerprint density at radius 2 is 1.12 bits per heavy atom. The standard InChI is InChI=1S/Na.H2O4S.H2O.Pb.3H/c;1-5(2,3)4;;;;;/h;(H2,1,2,3,4);1H2;;;;. The molecule has 0 atom stereocenters. The van der Waals surface area contributed by atoms with Gasteiger partial charge in [0.25, 0.3) is 0 Å².